The van der Waals surface area contributed by atoms with Crippen molar-refractivity contribution in [3.63, 3.8) is 0 Å². The Hall–Kier alpha value is -3.20. The smallest absolute Gasteiger partial charge is 0.382 e. The molecule has 32 heavy (non-hydrogen) atoms. The summed E-state index contributed by atoms with van der Waals surface area (Å²) >= 11 is 0. The zero-order valence-corrected chi connectivity index (χ0v) is 17.5. The van der Waals surface area contributed by atoms with Crippen molar-refractivity contribution in [2.24, 2.45) is 0 Å². The van der Waals surface area contributed by atoms with E-state index in [2.05, 4.69) is 15.3 Å². The van der Waals surface area contributed by atoms with E-state index in [4.69, 9.17) is 4.84 Å². The summed E-state index contributed by atoms with van der Waals surface area (Å²) in [6, 6.07) is 11.0. The largest absolute Gasteiger partial charge is 0.433 e. The summed E-state index contributed by atoms with van der Waals surface area (Å²) in [5.74, 6) is -0.235. The molecular weight excluding hydrogens is 421 g/mol. The number of anilines is 1. The summed E-state index contributed by atoms with van der Waals surface area (Å²) in [5, 5.41) is 5.31. The molecular formula is C23H23F3N4O2. The van der Waals surface area contributed by atoms with Crippen LogP contribution in [0.15, 0.2) is 54.9 Å². The highest BCUT2D eigenvalue weighted by atomic mass is 19.4. The van der Waals surface area contributed by atoms with E-state index in [0.29, 0.717) is 47.8 Å². The van der Waals surface area contributed by atoms with Crippen molar-refractivity contribution < 1.29 is 22.8 Å². The molecule has 9 heteroatoms. The van der Waals surface area contributed by atoms with Crippen LogP contribution in [0, 0.1) is 0 Å². The predicted octanol–water partition coefficient (Wildman–Crippen LogP) is 5.08. The first-order valence-electron chi connectivity index (χ1n) is 10.4. The van der Waals surface area contributed by atoms with Gasteiger partial charge in [0.1, 0.15) is 5.69 Å². The van der Waals surface area contributed by atoms with E-state index >= 15 is 0 Å². The molecule has 1 N–H and O–H groups in total. The number of benzene rings is 1. The molecule has 1 aliphatic rings. The van der Waals surface area contributed by atoms with Crippen molar-refractivity contribution in [2.75, 3.05) is 12.4 Å². The van der Waals surface area contributed by atoms with Crippen molar-refractivity contribution >= 4 is 22.5 Å². The summed E-state index contributed by atoms with van der Waals surface area (Å²) in [6.45, 7) is 0. The maximum absolute atomic E-state index is 13.3. The fraction of sp³-hybridized carbons (Fsp3) is 0.348. The van der Waals surface area contributed by atoms with Crippen LogP contribution in [-0.4, -0.2) is 40.1 Å². The Morgan fingerprint density at radius 2 is 1.78 bits per heavy atom. The Morgan fingerprint density at radius 3 is 2.44 bits per heavy atom. The van der Waals surface area contributed by atoms with Gasteiger partial charge in [-0.25, -0.2) is 10.0 Å². The molecule has 1 aromatic carbocycles. The third kappa shape index (κ3) is 4.67. The van der Waals surface area contributed by atoms with Crippen molar-refractivity contribution in [1.29, 1.82) is 0 Å². The summed E-state index contributed by atoms with van der Waals surface area (Å²) in [5.41, 5.74) is 0.292. The Bertz CT molecular complexity index is 1080. The fourth-order valence-corrected chi connectivity index (χ4v) is 4.13. The maximum Gasteiger partial charge on any atom is 0.433 e. The topological polar surface area (TPSA) is 67.3 Å². The van der Waals surface area contributed by atoms with Crippen LogP contribution in [0.25, 0.3) is 10.9 Å². The number of alkyl halides is 3. The van der Waals surface area contributed by atoms with Crippen LogP contribution in [0.2, 0.25) is 0 Å². The van der Waals surface area contributed by atoms with E-state index in [0.717, 1.165) is 6.07 Å². The molecule has 2 aromatic heterocycles. The lowest BCUT2D eigenvalue weighted by Crippen LogP contribution is -2.43. The average Bonchev–Trinajstić information content (AvgIpc) is 2.80. The molecule has 3 aromatic rings. The minimum atomic E-state index is -4.52. The van der Waals surface area contributed by atoms with Gasteiger partial charge in [-0.15, -0.1) is 0 Å². The minimum absolute atomic E-state index is 0.0205. The minimum Gasteiger partial charge on any atom is -0.382 e. The van der Waals surface area contributed by atoms with E-state index in [1.807, 2.05) is 0 Å². The van der Waals surface area contributed by atoms with Crippen LogP contribution < -0.4 is 5.32 Å². The number of nitrogens with zero attached hydrogens (tertiary/aromatic N) is 3. The van der Waals surface area contributed by atoms with Gasteiger partial charge in [0.2, 0.25) is 0 Å². The molecule has 1 amide bonds. The van der Waals surface area contributed by atoms with Gasteiger partial charge in [-0.05, 0) is 49.9 Å². The number of hydrogen-bond donors (Lipinski definition) is 1. The summed E-state index contributed by atoms with van der Waals surface area (Å²) < 4.78 is 40.0. The normalized spacial score (nSPS) is 19.0. The van der Waals surface area contributed by atoms with Gasteiger partial charge >= 0.3 is 6.18 Å². The molecule has 1 fully saturated rings. The number of rotatable bonds is 5. The number of carbonyl (C=O) groups excluding carboxylic acids is 1. The number of fused-ring (bicyclic) bond motifs is 1. The standard InChI is InChI=1S/C23H23F3N4O2/c1-32-30(22(31)15-10-12-27-13-11-15)17-8-6-16(7-9-17)28-20-14-21(23(24,25)26)29-19-5-3-2-4-18(19)20/h2-5,10-14,16-17H,6-9H2,1H3,(H,28,29). The molecule has 2 heterocycles. The summed E-state index contributed by atoms with van der Waals surface area (Å²) in [7, 11) is 1.46. The molecule has 0 saturated heterocycles. The number of hydrogen-bond acceptors (Lipinski definition) is 5. The second-order valence-electron chi connectivity index (χ2n) is 7.77. The Labute approximate surface area is 183 Å². The van der Waals surface area contributed by atoms with E-state index in [-0.39, 0.29) is 18.0 Å². The second kappa shape index (κ2) is 9.12. The molecule has 0 atom stereocenters. The van der Waals surface area contributed by atoms with E-state index < -0.39 is 11.9 Å². The lowest BCUT2D eigenvalue weighted by Gasteiger charge is -2.35. The Morgan fingerprint density at radius 1 is 1.09 bits per heavy atom. The molecule has 0 aliphatic heterocycles. The van der Waals surface area contributed by atoms with Gasteiger partial charge < -0.3 is 5.32 Å². The van der Waals surface area contributed by atoms with Crippen LogP contribution in [0.3, 0.4) is 0 Å². The molecule has 0 spiro atoms. The van der Waals surface area contributed by atoms with E-state index in [1.165, 1.54) is 12.2 Å². The van der Waals surface area contributed by atoms with Gasteiger partial charge in [-0.3, -0.25) is 14.6 Å². The number of aromatic nitrogens is 2. The first-order chi connectivity index (χ1) is 15.4. The van der Waals surface area contributed by atoms with Crippen LogP contribution in [0.4, 0.5) is 18.9 Å². The highest BCUT2D eigenvalue weighted by Crippen LogP contribution is 2.34. The first kappa shape index (κ1) is 22.0. The highest BCUT2D eigenvalue weighted by molar-refractivity contribution is 5.93. The van der Waals surface area contributed by atoms with E-state index in [1.54, 1.807) is 48.8 Å². The molecule has 1 aliphatic carbocycles. The lowest BCUT2D eigenvalue weighted by molar-refractivity contribution is -0.140. The maximum atomic E-state index is 13.3. The quantitative estimate of drug-likeness (QED) is 0.556. The number of hydroxylamine groups is 2. The molecule has 6 nitrogen and oxygen atoms in total. The van der Waals surface area contributed by atoms with Gasteiger partial charge in [0.05, 0.1) is 18.7 Å². The van der Waals surface area contributed by atoms with Gasteiger partial charge in [0, 0.05) is 35.1 Å². The van der Waals surface area contributed by atoms with Crippen molar-refractivity contribution in [3.05, 3.63) is 66.1 Å². The highest BCUT2D eigenvalue weighted by Gasteiger charge is 2.34. The van der Waals surface area contributed by atoms with E-state index in [9.17, 15) is 18.0 Å². The molecule has 0 unspecified atom stereocenters. The molecule has 0 radical (unpaired) electrons. The zero-order valence-electron chi connectivity index (χ0n) is 17.5. The molecule has 168 valence electrons. The van der Waals surface area contributed by atoms with Crippen LogP contribution in [-0.2, 0) is 11.0 Å². The SMILES string of the molecule is CON(C(=O)c1ccncc1)C1CCC(Nc2cc(C(F)(F)F)nc3ccccc23)CC1. The Kier molecular flexibility index (Phi) is 6.27. The van der Waals surface area contributed by atoms with Crippen molar-refractivity contribution in [2.45, 2.75) is 43.9 Å². The van der Waals surface area contributed by atoms with Crippen LogP contribution >= 0.6 is 0 Å². The summed E-state index contributed by atoms with van der Waals surface area (Å²) in [6.07, 6.45) is 1.28. The number of halogens is 3. The third-order valence-corrected chi connectivity index (χ3v) is 5.72. The number of carbonyl (C=O) groups is 1. The van der Waals surface area contributed by atoms with Crippen LogP contribution in [0.5, 0.6) is 0 Å². The number of pyridine rings is 2. The monoisotopic (exact) mass is 444 g/mol. The van der Waals surface area contributed by atoms with Crippen molar-refractivity contribution in [1.82, 2.24) is 15.0 Å². The molecule has 0 bridgehead atoms. The van der Waals surface area contributed by atoms with Gasteiger partial charge in [-0.2, -0.15) is 13.2 Å². The number of nitrogens with one attached hydrogen (secondary N) is 1. The van der Waals surface area contributed by atoms with Gasteiger partial charge in [0.25, 0.3) is 5.91 Å². The van der Waals surface area contributed by atoms with Crippen molar-refractivity contribution in [3.8, 4) is 0 Å². The predicted molar refractivity (Wildman–Crippen MR) is 114 cm³/mol. The third-order valence-electron chi connectivity index (χ3n) is 5.72. The fourth-order valence-electron chi connectivity index (χ4n) is 4.13. The van der Waals surface area contributed by atoms with Gasteiger partial charge in [0.15, 0.2) is 0 Å². The van der Waals surface area contributed by atoms with Gasteiger partial charge in [-0.1, -0.05) is 18.2 Å². The Balaban J connectivity index is 1.47. The summed E-state index contributed by atoms with van der Waals surface area (Å²) in [4.78, 5) is 25.8. The number of para-hydroxylation sites is 1. The first-order valence-corrected chi connectivity index (χ1v) is 10.4. The average molecular weight is 444 g/mol. The van der Waals surface area contributed by atoms with Crippen LogP contribution in [0.1, 0.15) is 41.7 Å². The zero-order chi connectivity index (χ0) is 22.7. The lowest BCUT2D eigenvalue weighted by atomic mass is 9.90. The molecule has 4 rings (SSSR count). The number of amides is 1. The second-order valence-corrected chi connectivity index (χ2v) is 7.77. The molecule has 1 saturated carbocycles.